The van der Waals surface area contributed by atoms with Gasteiger partial charge in [0.05, 0.1) is 16.4 Å². The van der Waals surface area contributed by atoms with Crippen LogP contribution in [-0.2, 0) is 0 Å². The number of nitrogens with zero attached hydrogens (tertiary/aromatic N) is 1. The van der Waals surface area contributed by atoms with Crippen molar-refractivity contribution in [3.8, 4) is 0 Å². The third-order valence-electron chi connectivity index (χ3n) is 3.41. The predicted molar refractivity (Wildman–Crippen MR) is 111 cm³/mol. The molecule has 0 atom stereocenters. The molecule has 0 unspecified atom stereocenters. The SMILES string of the molecule is Clc1ccccc1SC=CC(=Nc1ccccc1)c1ccccc1Cl. The van der Waals surface area contributed by atoms with Crippen LogP contribution in [0, 0.1) is 0 Å². The highest BCUT2D eigenvalue weighted by atomic mass is 35.5. The van der Waals surface area contributed by atoms with Gasteiger partial charge in [-0.15, -0.1) is 0 Å². The summed E-state index contributed by atoms with van der Waals surface area (Å²) in [5.74, 6) is 0. The first kappa shape index (κ1) is 17.8. The highest BCUT2D eigenvalue weighted by Crippen LogP contribution is 2.28. The lowest BCUT2D eigenvalue weighted by molar-refractivity contribution is 1.47. The maximum absolute atomic E-state index is 6.36. The van der Waals surface area contributed by atoms with Crippen molar-refractivity contribution in [1.29, 1.82) is 0 Å². The average molecular weight is 384 g/mol. The van der Waals surface area contributed by atoms with Crippen LogP contribution in [0.5, 0.6) is 0 Å². The van der Waals surface area contributed by atoms with Crippen LogP contribution in [0.4, 0.5) is 5.69 Å². The van der Waals surface area contributed by atoms with Gasteiger partial charge in [-0.25, -0.2) is 4.99 Å². The molecule has 0 aliphatic carbocycles. The van der Waals surface area contributed by atoms with Crippen LogP contribution in [0.2, 0.25) is 10.0 Å². The third-order valence-corrected chi connectivity index (χ3v) is 5.07. The molecule has 3 rings (SSSR count). The molecule has 0 radical (unpaired) electrons. The maximum Gasteiger partial charge on any atom is 0.0729 e. The topological polar surface area (TPSA) is 12.4 Å². The zero-order chi connectivity index (χ0) is 17.5. The first-order chi connectivity index (χ1) is 12.2. The summed E-state index contributed by atoms with van der Waals surface area (Å²) in [6, 6.07) is 25.3. The van der Waals surface area contributed by atoms with Gasteiger partial charge in [-0.3, -0.25) is 0 Å². The van der Waals surface area contributed by atoms with E-state index in [1.165, 1.54) is 0 Å². The summed E-state index contributed by atoms with van der Waals surface area (Å²) in [5.41, 5.74) is 2.57. The largest absolute Gasteiger partial charge is 0.248 e. The molecule has 25 heavy (non-hydrogen) atoms. The van der Waals surface area contributed by atoms with Crippen LogP contribution in [0.3, 0.4) is 0 Å². The van der Waals surface area contributed by atoms with Crippen molar-refractivity contribution in [2.45, 2.75) is 4.90 Å². The number of hydrogen-bond acceptors (Lipinski definition) is 2. The van der Waals surface area contributed by atoms with E-state index in [0.717, 1.165) is 26.9 Å². The molecular formula is C21H15Cl2NS. The Morgan fingerprint density at radius 3 is 2.12 bits per heavy atom. The first-order valence-corrected chi connectivity index (χ1v) is 9.34. The zero-order valence-corrected chi connectivity index (χ0v) is 15.6. The molecule has 0 saturated carbocycles. The number of hydrogen-bond donors (Lipinski definition) is 0. The molecule has 0 spiro atoms. The lowest BCUT2D eigenvalue weighted by atomic mass is 10.1. The molecule has 3 aromatic rings. The van der Waals surface area contributed by atoms with Gasteiger partial charge in [-0.2, -0.15) is 0 Å². The Hall–Kier alpha value is -2.00. The summed E-state index contributed by atoms with van der Waals surface area (Å²) in [5, 5.41) is 3.38. The Morgan fingerprint density at radius 2 is 1.40 bits per heavy atom. The van der Waals surface area contributed by atoms with Crippen molar-refractivity contribution in [3.05, 3.63) is 106 Å². The molecule has 0 saturated heterocycles. The second-order valence-corrected chi connectivity index (χ2v) is 6.93. The quantitative estimate of drug-likeness (QED) is 0.329. The van der Waals surface area contributed by atoms with Gasteiger partial charge >= 0.3 is 0 Å². The van der Waals surface area contributed by atoms with E-state index in [0.29, 0.717) is 5.02 Å². The van der Waals surface area contributed by atoms with Gasteiger partial charge in [0, 0.05) is 15.5 Å². The fourth-order valence-electron chi connectivity index (χ4n) is 2.21. The third kappa shape index (κ3) is 4.99. The normalized spacial score (nSPS) is 11.8. The van der Waals surface area contributed by atoms with Crippen LogP contribution in [0.1, 0.15) is 5.56 Å². The van der Waals surface area contributed by atoms with Crippen LogP contribution >= 0.6 is 35.0 Å². The van der Waals surface area contributed by atoms with Crippen LogP contribution in [0.25, 0.3) is 0 Å². The van der Waals surface area contributed by atoms with Crippen molar-refractivity contribution in [1.82, 2.24) is 0 Å². The van der Waals surface area contributed by atoms with Gasteiger partial charge in [0.2, 0.25) is 0 Å². The molecule has 0 aliphatic heterocycles. The second-order valence-electron chi connectivity index (χ2n) is 5.16. The Morgan fingerprint density at radius 1 is 0.760 bits per heavy atom. The molecule has 0 N–H and O–H groups in total. The van der Waals surface area contributed by atoms with Crippen molar-refractivity contribution in [2.75, 3.05) is 0 Å². The van der Waals surface area contributed by atoms with E-state index in [4.69, 9.17) is 28.2 Å². The van der Waals surface area contributed by atoms with Gasteiger partial charge in [0.15, 0.2) is 0 Å². The zero-order valence-electron chi connectivity index (χ0n) is 13.3. The number of aliphatic imine (C=N–C) groups is 1. The highest BCUT2D eigenvalue weighted by molar-refractivity contribution is 8.02. The molecule has 1 nitrogen and oxygen atoms in total. The first-order valence-electron chi connectivity index (χ1n) is 7.70. The van der Waals surface area contributed by atoms with E-state index in [1.807, 2.05) is 90.3 Å². The maximum atomic E-state index is 6.36. The van der Waals surface area contributed by atoms with Gasteiger partial charge in [0.1, 0.15) is 0 Å². The van der Waals surface area contributed by atoms with Crippen LogP contribution in [-0.4, -0.2) is 5.71 Å². The molecule has 0 bridgehead atoms. The molecular weight excluding hydrogens is 369 g/mol. The van der Waals surface area contributed by atoms with Crippen molar-refractivity contribution < 1.29 is 0 Å². The molecule has 3 aromatic carbocycles. The smallest absolute Gasteiger partial charge is 0.0729 e. The molecule has 0 aromatic heterocycles. The Bertz CT molecular complexity index is 905. The molecule has 124 valence electrons. The number of benzene rings is 3. The summed E-state index contributed by atoms with van der Waals surface area (Å²) in [4.78, 5) is 5.74. The van der Waals surface area contributed by atoms with Gasteiger partial charge in [-0.1, -0.05) is 83.5 Å². The second kappa shape index (κ2) is 8.91. The Balaban J connectivity index is 1.92. The minimum absolute atomic E-state index is 0.671. The van der Waals surface area contributed by atoms with E-state index in [1.54, 1.807) is 11.8 Å². The summed E-state index contributed by atoms with van der Waals surface area (Å²) in [7, 11) is 0. The molecule has 0 aliphatic rings. The highest BCUT2D eigenvalue weighted by Gasteiger charge is 2.05. The minimum atomic E-state index is 0.671. The predicted octanol–water partition coefficient (Wildman–Crippen LogP) is 7.42. The number of halogens is 2. The van der Waals surface area contributed by atoms with E-state index in [-0.39, 0.29) is 0 Å². The molecule has 0 heterocycles. The van der Waals surface area contributed by atoms with Crippen LogP contribution in [0.15, 0.2) is 100 Å². The van der Waals surface area contributed by atoms with Crippen molar-refractivity contribution in [3.63, 3.8) is 0 Å². The minimum Gasteiger partial charge on any atom is -0.248 e. The lowest BCUT2D eigenvalue weighted by Crippen LogP contribution is -1.97. The monoisotopic (exact) mass is 383 g/mol. The summed E-state index contributed by atoms with van der Waals surface area (Å²) in [6.45, 7) is 0. The lowest BCUT2D eigenvalue weighted by Gasteiger charge is -2.05. The van der Waals surface area contributed by atoms with E-state index >= 15 is 0 Å². The van der Waals surface area contributed by atoms with E-state index in [2.05, 4.69) is 0 Å². The van der Waals surface area contributed by atoms with Gasteiger partial charge in [0.25, 0.3) is 0 Å². The number of thioether (sulfide) groups is 1. The summed E-state index contributed by atoms with van der Waals surface area (Å²) in [6.07, 6.45) is 1.96. The number of rotatable bonds is 5. The fourth-order valence-corrected chi connectivity index (χ4v) is 3.39. The standard InChI is InChI=1S/C21H15Cl2NS/c22-18-11-5-4-10-17(18)20(24-16-8-2-1-3-9-16)14-15-25-21-13-7-6-12-19(21)23/h1-15H. The van der Waals surface area contributed by atoms with Gasteiger partial charge < -0.3 is 0 Å². The van der Waals surface area contributed by atoms with E-state index in [9.17, 15) is 0 Å². The Labute approximate surface area is 162 Å². The molecule has 4 heteroatoms. The Kier molecular flexibility index (Phi) is 6.35. The summed E-state index contributed by atoms with van der Waals surface area (Å²) < 4.78 is 0. The van der Waals surface area contributed by atoms with Crippen LogP contribution < -0.4 is 0 Å². The summed E-state index contributed by atoms with van der Waals surface area (Å²) >= 11 is 14.1. The van der Waals surface area contributed by atoms with E-state index < -0.39 is 0 Å². The van der Waals surface area contributed by atoms with Gasteiger partial charge in [-0.05, 0) is 41.8 Å². The fraction of sp³-hybridized carbons (Fsp3) is 0. The molecule has 0 amide bonds. The van der Waals surface area contributed by atoms with Crippen molar-refractivity contribution in [2.24, 2.45) is 4.99 Å². The number of para-hydroxylation sites is 1. The average Bonchev–Trinajstić information content (AvgIpc) is 2.64. The van der Waals surface area contributed by atoms with Crippen molar-refractivity contribution >= 4 is 46.4 Å². The number of allylic oxidation sites excluding steroid dienone is 1. The molecule has 0 fully saturated rings.